The molecule has 1 aromatic carbocycles. The first-order valence-electron chi connectivity index (χ1n) is 6.03. The highest BCUT2D eigenvalue weighted by Gasteiger charge is 2.13. The van der Waals surface area contributed by atoms with Crippen LogP contribution in [0.2, 0.25) is 11.6 Å². The van der Waals surface area contributed by atoms with Crippen molar-refractivity contribution in [2.45, 2.75) is 32.4 Å². The second-order valence-electron chi connectivity index (χ2n) is 4.22. The van der Waals surface area contributed by atoms with Gasteiger partial charge in [-0.25, -0.2) is 0 Å². The van der Waals surface area contributed by atoms with E-state index in [1.165, 1.54) is 6.04 Å². The van der Waals surface area contributed by atoms with Crippen molar-refractivity contribution in [1.29, 1.82) is 0 Å². The van der Waals surface area contributed by atoms with Gasteiger partial charge in [-0.1, -0.05) is 39.0 Å². The highest BCUT2D eigenvalue weighted by atomic mass is 28.3. The fraction of sp³-hybridized carbons (Fsp3) is 0.538. The predicted molar refractivity (Wildman–Crippen MR) is 70.6 cm³/mol. The molecule has 0 heterocycles. The average Bonchev–Trinajstić information content (AvgIpc) is 2.30. The van der Waals surface area contributed by atoms with Crippen LogP contribution >= 0.6 is 0 Å². The van der Waals surface area contributed by atoms with Gasteiger partial charge in [0.25, 0.3) is 0 Å². The van der Waals surface area contributed by atoms with E-state index in [-0.39, 0.29) is 0 Å². The quantitative estimate of drug-likeness (QED) is 0.536. The molecular formula is C13H22O2Si. The number of para-hydroxylation sites is 1. The molecule has 0 aliphatic heterocycles. The molecule has 0 aromatic heterocycles. The van der Waals surface area contributed by atoms with E-state index in [4.69, 9.17) is 9.16 Å². The van der Waals surface area contributed by atoms with Crippen LogP contribution < -0.4 is 4.74 Å². The summed E-state index contributed by atoms with van der Waals surface area (Å²) in [5.41, 5.74) is 0.710. The molecule has 0 radical (unpaired) electrons. The Bertz CT molecular complexity index is 275. The molecule has 0 aliphatic carbocycles. The first-order valence-corrected chi connectivity index (χ1v) is 7.99. The molecule has 90 valence electrons. The van der Waals surface area contributed by atoms with Crippen LogP contribution in [0.4, 0.5) is 0 Å². The first-order chi connectivity index (χ1) is 7.74. The smallest absolute Gasteiger partial charge is 0.179 e. The normalized spacial score (nSPS) is 12.8. The fourth-order valence-corrected chi connectivity index (χ4v) is 3.62. The maximum Gasteiger partial charge on any atom is 0.179 e. The Morgan fingerprint density at radius 2 is 1.81 bits per heavy atom. The first kappa shape index (κ1) is 13.3. The SMILES string of the molecule is CC[SiH](OCCOc1ccccc1)C(C)C. The fourth-order valence-electron chi connectivity index (χ4n) is 1.66. The van der Waals surface area contributed by atoms with E-state index in [1.54, 1.807) is 0 Å². The number of ether oxygens (including phenoxy) is 1. The third-order valence-electron chi connectivity index (χ3n) is 2.57. The number of hydrogen-bond acceptors (Lipinski definition) is 2. The van der Waals surface area contributed by atoms with Gasteiger partial charge in [-0.05, 0) is 23.7 Å². The van der Waals surface area contributed by atoms with Crippen molar-refractivity contribution >= 4 is 9.04 Å². The van der Waals surface area contributed by atoms with Crippen molar-refractivity contribution in [1.82, 2.24) is 0 Å². The van der Waals surface area contributed by atoms with E-state index in [0.717, 1.165) is 12.4 Å². The van der Waals surface area contributed by atoms with E-state index in [2.05, 4.69) is 20.8 Å². The Balaban J connectivity index is 2.16. The second kappa shape index (κ2) is 7.47. The van der Waals surface area contributed by atoms with Gasteiger partial charge < -0.3 is 9.16 Å². The molecule has 0 fully saturated rings. The Hall–Kier alpha value is -0.803. The zero-order chi connectivity index (χ0) is 11.8. The molecule has 0 saturated heterocycles. The standard InChI is InChI=1S/C13H22O2Si/c1-4-16(12(2)3)15-11-10-14-13-8-6-5-7-9-13/h5-9,12,16H,4,10-11H2,1-3H3. The summed E-state index contributed by atoms with van der Waals surface area (Å²) < 4.78 is 11.5. The molecule has 0 aliphatic rings. The van der Waals surface area contributed by atoms with Gasteiger partial charge in [0.2, 0.25) is 0 Å². The van der Waals surface area contributed by atoms with Crippen LogP contribution in [0.5, 0.6) is 5.75 Å². The summed E-state index contributed by atoms with van der Waals surface area (Å²) >= 11 is 0. The third-order valence-corrected chi connectivity index (χ3v) is 5.53. The van der Waals surface area contributed by atoms with E-state index >= 15 is 0 Å². The van der Waals surface area contributed by atoms with Crippen LogP contribution in [0.15, 0.2) is 30.3 Å². The maximum absolute atomic E-state index is 5.89. The molecule has 1 rings (SSSR count). The van der Waals surface area contributed by atoms with Crippen molar-refractivity contribution in [2.75, 3.05) is 13.2 Å². The van der Waals surface area contributed by atoms with Gasteiger partial charge in [-0.3, -0.25) is 0 Å². The molecule has 1 unspecified atom stereocenters. The lowest BCUT2D eigenvalue weighted by molar-refractivity contribution is 0.214. The molecule has 16 heavy (non-hydrogen) atoms. The molecule has 0 bridgehead atoms. The monoisotopic (exact) mass is 238 g/mol. The van der Waals surface area contributed by atoms with Gasteiger partial charge in [0.15, 0.2) is 9.04 Å². The van der Waals surface area contributed by atoms with Crippen molar-refractivity contribution in [3.8, 4) is 5.75 Å². The summed E-state index contributed by atoms with van der Waals surface area (Å²) in [5.74, 6) is 0.922. The highest BCUT2D eigenvalue weighted by Crippen LogP contribution is 2.12. The van der Waals surface area contributed by atoms with Crippen molar-refractivity contribution in [3.63, 3.8) is 0 Å². The van der Waals surface area contributed by atoms with Gasteiger partial charge in [-0.15, -0.1) is 0 Å². The predicted octanol–water partition coefficient (Wildman–Crippen LogP) is 3.24. The number of hydrogen-bond donors (Lipinski definition) is 0. The van der Waals surface area contributed by atoms with Crippen LogP contribution in [0.3, 0.4) is 0 Å². The van der Waals surface area contributed by atoms with E-state index in [1.807, 2.05) is 30.3 Å². The van der Waals surface area contributed by atoms with Crippen LogP contribution in [0, 0.1) is 0 Å². The summed E-state index contributed by atoms with van der Waals surface area (Å²) in [5, 5.41) is 0. The number of rotatable bonds is 7. The summed E-state index contributed by atoms with van der Waals surface area (Å²) in [4.78, 5) is 0. The highest BCUT2D eigenvalue weighted by molar-refractivity contribution is 6.53. The Labute approximate surface area is 100 Å². The molecule has 0 N–H and O–H groups in total. The van der Waals surface area contributed by atoms with Crippen LogP contribution in [0.25, 0.3) is 0 Å². The lowest BCUT2D eigenvalue weighted by Crippen LogP contribution is -2.23. The van der Waals surface area contributed by atoms with E-state index in [0.29, 0.717) is 12.1 Å². The van der Waals surface area contributed by atoms with E-state index in [9.17, 15) is 0 Å². The minimum atomic E-state index is -0.992. The zero-order valence-corrected chi connectivity index (χ0v) is 11.6. The molecule has 0 spiro atoms. The van der Waals surface area contributed by atoms with Crippen molar-refractivity contribution in [3.05, 3.63) is 30.3 Å². The Kier molecular flexibility index (Phi) is 6.19. The van der Waals surface area contributed by atoms with Gasteiger partial charge in [0, 0.05) is 0 Å². The summed E-state index contributed by atoms with van der Waals surface area (Å²) in [6.07, 6.45) is 0. The maximum atomic E-state index is 5.89. The molecule has 3 heteroatoms. The van der Waals surface area contributed by atoms with Gasteiger partial charge in [0.1, 0.15) is 12.4 Å². The lowest BCUT2D eigenvalue weighted by Gasteiger charge is -2.18. The Morgan fingerprint density at radius 3 is 2.38 bits per heavy atom. The molecule has 0 amide bonds. The molecular weight excluding hydrogens is 216 g/mol. The van der Waals surface area contributed by atoms with E-state index < -0.39 is 9.04 Å². The molecule has 2 nitrogen and oxygen atoms in total. The molecule has 1 aromatic rings. The minimum absolute atomic E-state index is 0.653. The summed E-state index contributed by atoms with van der Waals surface area (Å²) in [6, 6.07) is 11.1. The van der Waals surface area contributed by atoms with Gasteiger partial charge in [-0.2, -0.15) is 0 Å². The van der Waals surface area contributed by atoms with Crippen LogP contribution in [-0.2, 0) is 4.43 Å². The summed E-state index contributed by atoms with van der Waals surface area (Å²) in [6.45, 7) is 8.09. The molecule has 0 saturated carbocycles. The number of benzene rings is 1. The molecule has 1 atom stereocenters. The average molecular weight is 238 g/mol. The second-order valence-corrected chi connectivity index (χ2v) is 7.78. The van der Waals surface area contributed by atoms with Crippen molar-refractivity contribution in [2.24, 2.45) is 0 Å². The minimum Gasteiger partial charge on any atom is -0.491 e. The zero-order valence-electron chi connectivity index (χ0n) is 10.5. The van der Waals surface area contributed by atoms with Gasteiger partial charge in [0.05, 0.1) is 6.61 Å². The van der Waals surface area contributed by atoms with Crippen LogP contribution in [0.1, 0.15) is 20.8 Å². The van der Waals surface area contributed by atoms with Crippen LogP contribution in [-0.4, -0.2) is 22.3 Å². The third kappa shape index (κ3) is 4.81. The largest absolute Gasteiger partial charge is 0.491 e. The summed E-state index contributed by atoms with van der Waals surface area (Å²) in [7, 11) is -0.992. The van der Waals surface area contributed by atoms with Gasteiger partial charge >= 0.3 is 0 Å². The lowest BCUT2D eigenvalue weighted by atomic mass is 10.3. The topological polar surface area (TPSA) is 18.5 Å². The Morgan fingerprint density at radius 1 is 1.12 bits per heavy atom. The van der Waals surface area contributed by atoms with Crippen molar-refractivity contribution < 1.29 is 9.16 Å².